The van der Waals surface area contributed by atoms with Crippen molar-refractivity contribution >= 4 is 23.6 Å². The van der Waals surface area contributed by atoms with Crippen LogP contribution in [0.4, 0.5) is 10.5 Å². The highest BCUT2D eigenvalue weighted by Crippen LogP contribution is 2.48. The van der Waals surface area contributed by atoms with E-state index in [0.29, 0.717) is 37.2 Å². The van der Waals surface area contributed by atoms with Crippen LogP contribution in [-0.4, -0.2) is 35.9 Å². The number of carbonyl (C=O) groups is 3. The Balaban J connectivity index is 1.28. The van der Waals surface area contributed by atoms with Crippen LogP contribution < -0.4 is 10.6 Å². The van der Waals surface area contributed by atoms with Crippen LogP contribution in [0.3, 0.4) is 0 Å². The van der Waals surface area contributed by atoms with Gasteiger partial charge in [0.05, 0.1) is 6.42 Å². The number of hydrogen-bond donors (Lipinski definition) is 2. The first-order chi connectivity index (χ1) is 19.4. The Bertz CT molecular complexity index is 1420. The molecule has 0 bridgehead atoms. The highest BCUT2D eigenvalue weighted by molar-refractivity contribution is 5.94. The highest BCUT2D eigenvalue weighted by atomic mass is 16.6. The smallest absolute Gasteiger partial charge is 0.335 e. The van der Waals surface area contributed by atoms with Gasteiger partial charge in [-0.05, 0) is 41.5 Å². The van der Waals surface area contributed by atoms with Crippen molar-refractivity contribution in [2.75, 3.05) is 18.4 Å². The fourth-order valence-electron chi connectivity index (χ4n) is 5.67. The van der Waals surface area contributed by atoms with Gasteiger partial charge in [-0.2, -0.15) is 0 Å². The van der Waals surface area contributed by atoms with Crippen LogP contribution in [0.5, 0.6) is 0 Å². The normalized spacial score (nSPS) is 18.4. The Morgan fingerprint density at radius 2 is 1.62 bits per heavy atom. The van der Waals surface area contributed by atoms with E-state index in [0.717, 1.165) is 22.3 Å². The molecule has 0 aliphatic carbocycles. The maximum atomic E-state index is 13.4. The van der Waals surface area contributed by atoms with E-state index in [4.69, 9.17) is 4.74 Å². The van der Waals surface area contributed by atoms with E-state index < -0.39 is 5.60 Å². The average Bonchev–Trinajstić information content (AvgIpc) is 3.24. The minimum atomic E-state index is -0.865. The number of esters is 1. The molecule has 2 aliphatic heterocycles. The van der Waals surface area contributed by atoms with Crippen molar-refractivity contribution < 1.29 is 19.1 Å². The van der Waals surface area contributed by atoms with Gasteiger partial charge in [0.2, 0.25) is 5.91 Å². The summed E-state index contributed by atoms with van der Waals surface area (Å²) < 4.78 is 6.13. The summed E-state index contributed by atoms with van der Waals surface area (Å²) in [5, 5.41) is 6.00. The van der Waals surface area contributed by atoms with Crippen molar-refractivity contribution in [2.45, 2.75) is 45.3 Å². The lowest BCUT2D eigenvalue weighted by atomic mass is 9.77. The molecule has 40 heavy (non-hydrogen) atoms. The van der Waals surface area contributed by atoms with Gasteiger partial charge >= 0.3 is 12.0 Å². The van der Waals surface area contributed by atoms with Crippen molar-refractivity contribution in [3.05, 3.63) is 113 Å². The zero-order valence-electron chi connectivity index (χ0n) is 23.0. The number of hydrogen-bond acceptors (Lipinski definition) is 4. The minimum absolute atomic E-state index is 0.117. The monoisotopic (exact) mass is 537 g/mol. The summed E-state index contributed by atoms with van der Waals surface area (Å²) in [6.07, 6.45) is 1.38. The summed E-state index contributed by atoms with van der Waals surface area (Å²) in [6.45, 7) is 5.24. The molecule has 0 aromatic heterocycles. The van der Waals surface area contributed by atoms with Crippen LogP contribution in [0.2, 0.25) is 0 Å². The molecule has 2 N–H and O–H groups in total. The summed E-state index contributed by atoms with van der Waals surface area (Å²) in [5.41, 5.74) is 4.06. The number of rotatable bonds is 8. The molecule has 0 fully saturated rings. The Morgan fingerprint density at radius 1 is 0.950 bits per heavy atom. The van der Waals surface area contributed by atoms with Crippen LogP contribution >= 0.6 is 0 Å². The molecule has 7 heteroatoms. The van der Waals surface area contributed by atoms with Crippen molar-refractivity contribution in [3.63, 3.8) is 0 Å². The molecule has 5 rings (SSSR count). The van der Waals surface area contributed by atoms with Gasteiger partial charge in [-0.15, -0.1) is 0 Å². The van der Waals surface area contributed by atoms with E-state index in [1.165, 1.54) is 0 Å². The first-order valence-corrected chi connectivity index (χ1v) is 13.8. The lowest BCUT2D eigenvalue weighted by Crippen LogP contribution is -2.46. The quantitative estimate of drug-likeness (QED) is 0.368. The van der Waals surface area contributed by atoms with Crippen LogP contribution in [0, 0.1) is 5.92 Å². The predicted molar refractivity (Wildman–Crippen MR) is 154 cm³/mol. The van der Waals surface area contributed by atoms with Gasteiger partial charge in [-0.25, -0.2) is 9.59 Å². The van der Waals surface area contributed by atoms with E-state index in [1.54, 1.807) is 4.90 Å². The van der Waals surface area contributed by atoms with Gasteiger partial charge in [-0.3, -0.25) is 4.79 Å². The molecule has 3 aromatic carbocycles. The second-order valence-corrected chi connectivity index (χ2v) is 10.8. The Morgan fingerprint density at radius 3 is 2.35 bits per heavy atom. The van der Waals surface area contributed by atoms with Crippen molar-refractivity contribution in [1.29, 1.82) is 0 Å². The number of anilines is 1. The Kier molecular flexibility index (Phi) is 8.01. The maximum Gasteiger partial charge on any atom is 0.335 e. The standard InChI is InChI=1S/C33H35N3O4/c1-23(2)20-33(26-14-7-4-8-15-26)28-22-36(18-17-27(28)31(38)40-33)32(39)34-21-25-13-9-10-16-29(25)35-30(37)19-24-11-5-3-6-12-24/h3-16,23H,17-22H2,1-2H3,(H,34,39)(H,35,37). The van der Waals surface area contributed by atoms with E-state index in [2.05, 4.69) is 24.5 Å². The van der Waals surface area contributed by atoms with Gasteiger partial charge in [0.25, 0.3) is 0 Å². The molecule has 1 unspecified atom stereocenters. The SMILES string of the molecule is CC(C)CC1(c2ccccc2)OC(=O)C2=C1CN(C(=O)NCc1ccccc1NC(=O)Cc1ccccc1)CC2. The van der Waals surface area contributed by atoms with Gasteiger partial charge in [0.15, 0.2) is 5.60 Å². The third kappa shape index (κ3) is 5.78. The van der Waals surface area contributed by atoms with Gasteiger partial charge in [0, 0.05) is 36.5 Å². The van der Waals surface area contributed by atoms with E-state index in [-0.39, 0.29) is 36.8 Å². The molecule has 3 amide bonds. The molecule has 206 valence electrons. The number of cyclic esters (lactones) is 1. The molecule has 1 atom stereocenters. The van der Waals surface area contributed by atoms with Crippen molar-refractivity contribution in [2.24, 2.45) is 5.92 Å². The fraction of sp³-hybridized carbons (Fsp3) is 0.303. The van der Waals surface area contributed by atoms with Gasteiger partial charge in [-0.1, -0.05) is 92.7 Å². The average molecular weight is 538 g/mol. The third-order valence-corrected chi connectivity index (χ3v) is 7.50. The zero-order valence-corrected chi connectivity index (χ0v) is 23.0. The number of benzene rings is 3. The molecule has 2 heterocycles. The second-order valence-electron chi connectivity index (χ2n) is 10.8. The highest BCUT2D eigenvalue weighted by Gasteiger charge is 2.50. The summed E-state index contributed by atoms with van der Waals surface area (Å²) in [7, 11) is 0. The number of para-hydroxylation sites is 1. The fourth-order valence-corrected chi connectivity index (χ4v) is 5.67. The van der Waals surface area contributed by atoms with Gasteiger partial charge in [0.1, 0.15) is 0 Å². The first-order valence-electron chi connectivity index (χ1n) is 13.8. The molecule has 0 saturated carbocycles. The summed E-state index contributed by atoms with van der Waals surface area (Å²) in [6, 6.07) is 26.7. The largest absolute Gasteiger partial charge is 0.446 e. The Hall–Kier alpha value is -4.39. The summed E-state index contributed by atoms with van der Waals surface area (Å²) in [4.78, 5) is 40.7. The van der Waals surface area contributed by atoms with Gasteiger partial charge < -0.3 is 20.3 Å². The summed E-state index contributed by atoms with van der Waals surface area (Å²) >= 11 is 0. The van der Waals surface area contributed by atoms with E-state index in [9.17, 15) is 14.4 Å². The second kappa shape index (κ2) is 11.8. The molecule has 0 spiro atoms. The number of carbonyl (C=O) groups excluding carboxylic acids is 3. The molecular weight excluding hydrogens is 502 g/mol. The Labute approximate surface area is 235 Å². The third-order valence-electron chi connectivity index (χ3n) is 7.50. The molecule has 0 radical (unpaired) electrons. The van der Waals surface area contributed by atoms with Crippen LogP contribution in [0.15, 0.2) is 96.1 Å². The van der Waals surface area contributed by atoms with E-state index >= 15 is 0 Å². The molecule has 2 aliphatic rings. The lowest BCUT2D eigenvalue weighted by Gasteiger charge is -2.37. The van der Waals surface area contributed by atoms with Crippen molar-refractivity contribution in [1.82, 2.24) is 10.2 Å². The number of ether oxygens (including phenoxy) is 1. The lowest BCUT2D eigenvalue weighted by molar-refractivity contribution is -0.149. The molecule has 3 aromatic rings. The van der Waals surface area contributed by atoms with Crippen LogP contribution in [0.1, 0.15) is 43.4 Å². The van der Waals surface area contributed by atoms with Crippen LogP contribution in [-0.2, 0) is 32.9 Å². The van der Waals surface area contributed by atoms with E-state index in [1.807, 2.05) is 84.9 Å². The first kappa shape index (κ1) is 27.2. The minimum Gasteiger partial charge on any atom is -0.446 e. The topological polar surface area (TPSA) is 87.7 Å². The number of urea groups is 1. The molecule has 7 nitrogen and oxygen atoms in total. The van der Waals surface area contributed by atoms with Crippen LogP contribution in [0.25, 0.3) is 0 Å². The van der Waals surface area contributed by atoms with Crippen molar-refractivity contribution in [3.8, 4) is 0 Å². The number of nitrogens with one attached hydrogen (secondary N) is 2. The predicted octanol–water partition coefficient (Wildman–Crippen LogP) is 5.58. The molecule has 0 saturated heterocycles. The summed E-state index contributed by atoms with van der Waals surface area (Å²) in [5.74, 6) is -0.119. The number of amides is 3. The zero-order chi connectivity index (χ0) is 28.1. The molecular formula is C33H35N3O4. The number of nitrogens with zero attached hydrogens (tertiary/aromatic N) is 1. The maximum absolute atomic E-state index is 13.4.